The van der Waals surface area contributed by atoms with Crippen molar-refractivity contribution >= 4 is 5.91 Å². The second-order valence-corrected chi connectivity index (χ2v) is 9.17. The summed E-state index contributed by atoms with van der Waals surface area (Å²) in [6, 6.07) is 22.3. The summed E-state index contributed by atoms with van der Waals surface area (Å²) in [5, 5.41) is 26.3. The van der Waals surface area contributed by atoms with Crippen molar-refractivity contribution in [2.45, 2.75) is 44.9 Å². The maximum Gasteiger partial charge on any atom is 0.224 e. The molecule has 0 fully saturated rings. The maximum absolute atomic E-state index is 12.5. The van der Waals surface area contributed by atoms with Crippen LogP contribution in [-0.2, 0) is 24.2 Å². The molecule has 1 amide bonds. The van der Waals surface area contributed by atoms with Gasteiger partial charge in [0.25, 0.3) is 0 Å². The molecule has 0 aliphatic carbocycles. The quantitative estimate of drug-likeness (QED) is 0.347. The van der Waals surface area contributed by atoms with Gasteiger partial charge in [-0.15, -0.1) is 0 Å². The Labute approximate surface area is 201 Å². The number of hydrogen-bond donors (Lipinski definition) is 4. The average molecular weight is 463 g/mol. The maximum atomic E-state index is 12.5. The number of amides is 1. The largest absolute Gasteiger partial charge is 0.508 e. The predicted molar refractivity (Wildman–Crippen MR) is 134 cm³/mol. The lowest BCUT2D eigenvalue weighted by molar-refractivity contribution is -0.120. The van der Waals surface area contributed by atoms with Gasteiger partial charge in [-0.05, 0) is 66.8 Å². The normalized spacial score (nSPS) is 12.2. The van der Waals surface area contributed by atoms with E-state index in [0.29, 0.717) is 19.5 Å². The summed E-state index contributed by atoms with van der Waals surface area (Å²) in [5.74, 6) is 0.915. The third-order valence-electron chi connectivity index (χ3n) is 5.68. The summed E-state index contributed by atoms with van der Waals surface area (Å²) >= 11 is 0. The summed E-state index contributed by atoms with van der Waals surface area (Å²) in [6.45, 7) is 5.02. The summed E-state index contributed by atoms with van der Waals surface area (Å²) in [7, 11) is 1.62. The van der Waals surface area contributed by atoms with Gasteiger partial charge in [-0.2, -0.15) is 0 Å². The Morgan fingerprint density at radius 1 is 0.971 bits per heavy atom. The molecule has 3 rings (SSSR count). The zero-order valence-corrected chi connectivity index (χ0v) is 20.0. The van der Waals surface area contributed by atoms with Crippen LogP contribution >= 0.6 is 0 Å². The van der Waals surface area contributed by atoms with Gasteiger partial charge in [0, 0.05) is 18.6 Å². The van der Waals surface area contributed by atoms with E-state index in [9.17, 15) is 15.0 Å². The molecular formula is C28H34N2O4. The average Bonchev–Trinajstić information content (AvgIpc) is 2.82. The minimum absolute atomic E-state index is 0.0330. The third-order valence-corrected chi connectivity index (χ3v) is 5.68. The highest BCUT2D eigenvalue weighted by molar-refractivity contribution is 5.78. The smallest absolute Gasteiger partial charge is 0.224 e. The molecule has 1 atom stereocenters. The molecule has 0 bridgehead atoms. The number of carbonyl (C=O) groups excluding carboxylic acids is 1. The van der Waals surface area contributed by atoms with Crippen LogP contribution in [0.2, 0.25) is 0 Å². The summed E-state index contributed by atoms with van der Waals surface area (Å²) < 4.78 is 5.23. The minimum atomic E-state index is -0.667. The number of benzene rings is 3. The Hall–Kier alpha value is -3.35. The van der Waals surface area contributed by atoms with E-state index in [1.165, 1.54) is 0 Å². The van der Waals surface area contributed by atoms with Gasteiger partial charge < -0.3 is 25.6 Å². The minimum Gasteiger partial charge on any atom is -0.508 e. The van der Waals surface area contributed by atoms with Crippen molar-refractivity contribution in [2.24, 2.45) is 0 Å². The van der Waals surface area contributed by atoms with E-state index < -0.39 is 6.10 Å². The standard InChI is InChI=1S/C28H34N2O4/c1-28(2,30-19-26(32)23-10-12-24(31)13-11-23)17-21-7-4-6-20(14-21)16-27(33)29-18-22-8-5-9-25(15-22)34-3/h4-15,26,30-32H,16-19H2,1-3H3,(H,29,33). The SMILES string of the molecule is COc1cccc(CNC(=O)Cc2cccc(CC(C)(C)NCC(O)c3ccc(O)cc3)c2)c1. The van der Waals surface area contributed by atoms with Crippen LogP contribution in [0.3, 0.4) is 0 Å². The second kappa shape index (κ2) is 11.7. The lowest BCUT2D eigenvalue weighted by Gasteiger charge is -2.28. The van der Waals surface area contributed by atoms with E-state index in [4.69, 9.17) is 4.74 Å². The van der Waals surface area contributed by atoms with E-state index in [1.807, 2.05) is 36.4 Å². The first-order valence-corrected chi connectivity index (χ1v) is 11.4. The molecule has 34 heavy (non-hydrogen) atoms. The van der Waals surface area contributed by atoms with Crippen LogP contribution in [0.15, 0.2) is 72.8 Å². The number of carbonyl (C=O) groups is 1. The zero-order valence-electron chi connectivity index (χ0n) is 20.0. The van der Waals surface area contributed by atoms with E-state index >= 15 is 0 Å². The fraction of sp³-hybridized carbons (Fsp3) is 0.321. The van der Waals surface area contributed by atoms with Gasteiger partial charge in [0.15, 0.2) is 0 Å². The molecule has 0 aliphatic heterocycles. The number of phenols is 1. The Morgan fingerprint density at radius 3 is 2.38 bits per heavy atom. The number of β-amino-alcohol motifs (C(OH)–C–C–N with tert-alkyl or cyclic N) is 1. The molecule has 180 valence electrons. The first kappa shape index (κ1) is 25.3. The number of phenolic OH excluding ortho intramolecular Hbond substituents is 1. The highest BCUT2D eigenvalue weighted by atomic mass is 16.5. The molecule has 0 aliphatic rings. The van der Waals surface area contributed by atoms with Crippen molar-refractivity contribution in [1.29, 1.82) is 0 Å². The lowest BCUT2D eigenvalue weighted by Crippen LogP contribution is -2.43. The van der Waals surface area contributed by atoms with E-state index in [1.54, 1.807) is 31.4 Å². The molecule has 3 aromatic carbocycles. The Kier molecular flexibility index (Phi) is 8.68. The molecule has 0 saturated heterocycles. The second-order valence-electron chi connectivity index (χ2n) is 9.17. The number of methoxy groups -OCH3 is 1. The van der Waals surface area contributed by atoms with Gasteiger partial charge in [-0.1, -0.05) is 48.5 Å². The molecule has 0 heterocycles. The number of ether oxygens (including phenoxy) is 1. The van der Waals surface area contributed by atoms with Crippen molar-refractivity contribution in [3.63, 3.8) is 0 Å². The predicted octanol–water partition coefficient (Wildman–Crippen LogP) is 3.90. The molecule has 0 aromatic heterocycles. The van der Waals surface area contributed by atoms with Gasteiger partial charge >= 0.3 is 0 Å². The van der Waals surface area contributed by atoms with E-state index in [2.05, 4.69) is 36.6 Å². The van der Waals surface area contributed by atoms with E-state index in [-0.39, 0.29) is 17.2 Å². The first-order chi connectivity index (χ1) is 16.2. The Morgan fingerprint density at radius 2 is 1.65 bits per heavy atom. The van der Waals surface area contributed by atoms with Crippen molar-refractivity contribution in [3.8, 4) is 11.5 Å². The molecular weight excluding hydrogens is 428 g/mol. The fourth-order valence-electron chi connectivity index (χ4n) is 3.84. The fourth-order valence-corrected chi connectivity index (χ4v) is 3.84. The van der Waals surface area contributed by atoms with E-state index in [0.717, 1.165) is 34.4 Å². The van der Waals surface area contributed by atoms with Crippen LogP contribution in [-0.4, -0.2) is 35.3 Å². The Bertz CT molecular complexity index is 1080. The number of aliphatic hydroxyl groups is 1. The van der Waals surface area contributed by atoms with Gasteiger partial charge in [-0.25, -0.2) is 0 Å². The monoisotopic (exact) mass is 462 g/mol. The van der Waals surface area contributed by atoms with Gasteiger partial charge in [0.2, 0.25) is 5.91 Å². The third kappa shape index (κ3) is 7.90. The van der Waals surface area contributed by atoms with Crippen molar-refractivity contribution in [3.05, 3.63) is 95.1 Å². The molecule has 3 aromatic rings. The number of aliphatic hydroxyl groups excluding tert-OH is 1. The van der Waals surface area contributed by atoms with Crippen molar-refractivity contribution in [1.82, 2.24) is 10.6 Å². The van der Waals surface area contributed by atoms with Gasteiger partial charge in [0.1, 0.15) is 11.5 Å². The number of rotatable bonds is 11. The summed E-state index contributed by atoms with van der Waals surface area (Å²) in [5.41, 5.74) is 3.56. The lowest BCUT2D eigenvalue weighted by atomic mass is 9.93. The highest BCUT2D eigenvalue weighted by Gasteiger charge is 2.20. The molecule has 0 saturated carbocycles. The number of hydrogen-bond acceptors (Lipinski definition) is 5. The molecule has 6 nitrogen and oxygen atoms in total. The Balaban J connectivity index is 1.51. The van der Waals surface area contributed by atoms with Crippen LogP contribution in [0, 0.1) is 0 Å². The van der Waals surface area contributed by atoms with Crippen LogP contribution in [0.5, 0.6) is 11.5 Å². The zero-order chi connectivity index (χ0) is 24.6. The molecule has 0 radical (unpaired) electrons. The number of aromatic hydroxyl groups is 1. The topological polar surface area (TPSA) is 90.8 Å². The van der Waals surface area contributed by atoms with Crippen molar-refractivity contribution < 1.29 is 19.7 Å². The number of nitrogens with one attached hydrogen (secondary N) is 2. The van der Waals surface area contributed by atoms with Crippen LogP contribution in [0.1, 0.15) is 42.2 Å². The van der Waals surface area contributed by atoms with Crippen LogP contribution < -0.4 is 15.4 Å². The highest BCUT2D eigenvalue weighted by Crippen LogP contribution is 2.19. The molecule has 0 spiro atoms. The van der Waals surface area contributed by atoms with Gasteiger partial charge in [0.05, 0.1) is 19.6 Å². The summed E-state index contributed by atoms with van der Waals surface area (Å²) in [6.07, 6.45) is 0.388. The summed E-state index contributed by atoms with van der Waals surface area (Å²) in [4.78, 5) is 12.5. The van der Waals surface area contributed by atoms with Crippen molar-refractivity contribution in [2.75, 3.05) is 13.7 Å². The van der Waals surface area contributed by atoms with Gasteiger partial charge in [-0.3, -0.25) is 4.79 Å². The van der Waals surface area contributed by atoms with Crippen LogP contribution in [0.4, 0.5) is 0 Å². The molecule has 4 N–H and O–H groups in total. The molecule has 6 heteroatoms. The molecule has 1 unspecified atom stereocenters. The first-order valence-electron chi connectivity index (χ1n) is 11.4. The van der Waals surface area contributed by atoms with Crippen LogP contribution in [0.25, 0.3) is 0 Å².